The van der Waals surface area contributed by atoms with E-state index in [-0.39, 0.29) is 0 Å². The number of amidine groups is 1. The van der Waals surface area contributed by atoms with Crippen LogP contribution in [0, 0.1) is 0 Å². The fraction of sp³-hybridized carbons (Fsp3) is 0.300. The summed E-state index contributed by atoms with van der Waals surface area (Å²) in [6.07, 6.45) is 0. The fourth-order valence-electron chi connectivity index (χ4n) is 1.14. The van der Waals surface area contributed by atoms with Crippen molar-refractivity contribution in [2.24, 2.45) is 10.8 Å². The zero-order valence-corrected chi connectivity index (χ0v) is 11.2. The quantitative estimate of drug-likeness (QED) is 0.294. The molecule has 1 aromatic rings. The molecule has 88 valence electrons. The number of methoxy groups -OCH3 is 1. The molecular weight excluding hydrogens is 293 g/mol. The van der Waals surface area contributed by atoms with Gasteiger partial charge in [-0.05, 0) is 28.1 Å². The lowest BCUT2D eigenvalue weighted by Crippen LogP contribution is -2.31. The number of hydrogen-bond donors (Lipinski definition) is 2. The maximum atomic E-state index is 6.13. The van der Waals surface area contributed by atoms with Crippen LogP contribution < -0.4 is 11.3 Å². The summed E-state index contributed by atoms with van der Waals surface area (Å²) in [4.78, 5) is 4.25. The second kappa shape index (κ2) is 6.85. The Kier molecular flexibility index (Phi) is 5.76. The van der Waals surface area contributed by atoms with Gasteiger partial charge in [-0.15, -0.1) is 0 Å². The van der Waals surface area contributed by atoms with Crippen LogP contribution in [0.2, 0.25) is 5.02 Å². The van der Waals surface area contributed by atoms with E-state index in [2.05, 4.69) is 26.3 Å². The molecule has 0 bridgehead atoms. The van der Waals surface area contributed by atoms with Crippen molar-refractivity contribution in [2.75, 3.05) is 20.3 Å². The minimum absolute atomic E-state index is 0.527. The Morgan fingerprint density at radius 1 is 1.62 bits per heavy atom. The van der Waals surface area contributed by atoms with Gasteiger partial charge in [0.25, 0.3) is 0 Å². The smallest absolute Gasteiger partial charge is 0.144 e. The van der Waals surface area contributed by atoms with Crippen LogP contribution in [0.15, 0.2) is 27.7 Å². The number of nitrogens with one attached hydrogen (secondary N) is 1. The summed E-state index contributed by atoms with van der Waals surface area (Å²) in [5.74, 6) is 5.96. The van der Waals surface area contributed by atoms with E-state index >= 15 is 0 Å². The Bertz CT molecular complexity index is 384. The van der Waals surface area contributed by atoms with E-state index in [0.717, 1.165) is 10.0 Å². The van der Waals surface area contributed by atoms with Gasteiger partial charge >= 0.3 is 0 Å². The molecule has 0 radical (unpaired) electrons. The van der Waals surface area contributed by atoms with E-state index in [1.165, 1.54) is 0 Å². The lowest BCUT2D eigenvalue weighted by molar-refractivity contribution is 0.208. The molecule has 0 saturated heterocycles. The molecule has 16 heavy (non-hydrogen) atoms. The summed E-state index contributed by atoms with van der Waals surface area (Å²) in [6.45, 7) is 1.07. The van der Waals surface area contributed by atoms with Crippen LogP contribution in [0.3, 0.4) is 0 Å². The van der Waals surface area contributed by atoms with E-state index in [1.54, 1.807) is 7.11 Å². The number of hydrazine groups is 1. The number of halogens is 2. The zero-order chi connectivity index (χ0) is 12.0. The predicted molar refractivity (Wildman–Crippen MR) is 69.8 cm³/mol. The molecule has 0 atom stereocenters. The number of ether oxygens (including phenoxy) is 1. The maximum absolute atomic E-state index is 6.13. The summed E-state index contributed by atoms with van der Waals surface area (Å²) < 4.78 is 5.72. The molecule has 0 aliphatic carbocycles. The molecule has 0 spiro atoms. The Labute approximate surface area is 108 Å². The molecule has 1 rings (SSSR count). The molecule has 0 saturated carbocycles. The Morgan fingerprint density at radius 3 is 3.00 bits per heavy atom. The first-order valence-electron chi connectivity index (χ1n) is 4.65. The van der Waals surface area contributed by atoms with Crippen molar-refractivity contribution in [3.05, 3.63) is 33.3 Å². The summed E-state index contributed by atoms with van der Waals surface area (Å²) in [6, 6.07) is 5.57. The van der Waals surface area contributed by atoms with E-state index in [4.69, 9.17) is 22.2 Å². The molecule has 4 nitrogen and oxygen atoms in total. The van der Waals surface area contributed by atoms with E-state index in [0.29, 0.717) is 24.0 Å². The summed E-state index contributed by atoms with van der Waals surface area (Å²) in [7, 11) is 1.62. The topological polar surface area (TPSA) is 59.6 Å². The molecule has 0 aliphatic rings. The van der Waals surface area contributed by atoms with Crippen LogP contribution in [0.1, 0.15) is 5.56 Å². The summed E-state index contributed by atoms with van der Waals surface area (Å²) in [5.41, 5.74) is 3.29. The molecule has 0 amide bonds. The number of nitrogens with two attached hydrogens (primary N) is 1. The van der Waals surface area contributed by atoms with Gasteiger partial charge in [-0.2, -0.15) is 0 Å². The van der Waals surface area contributed by atoms with Crippen molar-refractivity contribution in [1.82, 2.24) is 5.43 Å². The Balaban J connectivity index is 2.95. The van der Waals surface area contributed by atoms with Crippen molar-refractivity contribution < 1.29 is 4.74 Å². The molecule has 0 heterocycles. The highest BCUT2D eigenvalue weighted by atomic mass is 79.9. The summed E-state index contributed by atoms with van der Waals surface area (Å²) in [5, 5.41) is 0.580. The summed E-state index contributed by atoms with van der Waals surface area (Å²) >= 11 is 9.47. The monoisotopic (exact) mass is 305 g/mol. The van der Waals surface area contributed by atoms with Crippen LogP contribution in [0.4, 0.5) is 0 Å². The van der Waals surface area contributed by atoms with Gasteiger partial charge in [0.2, 0.25) is 0 Å². The standard InChI is InChI=1S/C10H13BrClN3O/c1-16-6-5-14-10(15-13)7-3-2-4-8(11)9(7)12/h2-4H,5-6,13H2,1H3,(H,14,15). The minimum Gasteiger partial charge on any atom is -0.383 e. The van der Waals surface area contributed by atoms with Crippen LogP contribution >= 0.6 is 27.5 Å². The van der Waals surface area contributed by atoms with Gasteiger partial charge in [-0.3, -0.25) is 4.99 Å². The third-order valence-corrected chi connectivity index (χ3v) is 3.21. The van der Waals surface area contributed by atoms with Crippen molar-refractivity contribution in [3.63, 3.8) is 0 Å². The number of benzene rings is 1. The first-order chi connectivity index (χ1) is 7.70. The highest BCUT2D eigenvalue weighted by Crippen LogP contribution is 2.25. The molecule has 1 aromatic carbocycles. The van der Waals surface area contributed by atoms with Crippen molar-refractivity contribution in [1.29, 1.82) is 0 Å². The fourth-order valence-corrected chi connectivity index (χ4v) is 1.73. The van der Waals surface area contributed by atoms with Gasteiger partial charge in [0.15, 0.2) is 0 Å². The number of aliphatic imine (C=N–C) groups is 1. The van der Waals surface area contributed by atoms with Crippen molar-refractivity contribution in [2.45, 2.75) is 0 Å². The third-order valence-electron chi connectivity index (χ3n) is 1.91. The van der Waals surface area contributed by atoms with Crippen LogP contribution in [-0.4, -0.2) is 26.1 Å². The lowest BCUT2D eigenvalue weighted by Gasteiger charge is -2.08. The largest absolute Gasteiger partial charge is 0.383 e. The highest BCUT2D eigenvalue weighted by molar-refractivity contribution is 9.10. The molecule has 3 N–H and O–H groups in total. The number of rotatable bonds is 4. The second-order valence-corrected chi connectivity index (χ2v) is 4.20. The molecule has 0 aromatic heterocycles. The Morgan fingerprint density at radius 2 is 2.38 bits per heavy atom. The number of nitrogens with zero attached hydrogens (tertiary/aromatic N) is 1. The van der Waals surface area contributed by atoms with E-state index in [9.17, 15) is 0 Å². The first kappa shape index (κ1) is 13.4. The third kappa shape index (κ3) is 3.45. The molecule has 0 aliphatic heterocycles. The maximum Gasteiger partial charge on any atom is 0.144 e. The molecule has 0 unspecified atom stereocenters. The van der Waals surface area contributed by atoms with E-state index < -0.39 is 0 Å². The average molecular weight is 307 g/mol. The zero-order valence-electron chi connectivity index (χ0n) is 8.84. The van der Waals surface area contributed by atoms with Gasteiger partial charge in [-0.25, -0.2) is 5.84 Å². The molecular formula is C10H13BrClN3O. The van der Waals surface area contributed by atoms with Gasteiger partial charge < -0.3 is 10.2 Å². The molecule has 0 fully saturated rings. The van der Waals surface area contributed by atoms with Crippen LogP contribution in [0.5, 0.6) is 0 Å². The predicted octanol–water partition coefficient (Wildman–Crippen LogP) is 1.96. The van der Waals surface area contributed by atoms with Crippen molar-refractivity contribution in [3.8, 4) is 0 Å². The lowest BCUT2D eigenvalue weighted by atomic mass is 10.2. The minimum atomic E-state index is 0.527. The SMILES string of the molecule is COCCN=C(NN)c1cccc(Br)c1Cl. The van der Waals surface area contributed by atoms with Crippen molar-refractivity contribution >= 4 is 33.4 Å². The van der Waals surface area contributed by atoms with E-state index in [1.807, 2.05) is 18.2 Å². The van der Waals surface area contributed by atoms with Crippen LogP contribution in [-0.2, 0) is 4.74 Å². The molecule has 6 heteroatoms. The number of hydrogen-bond acceptors (Lipinski definition) is 3. The van der Waals surface area contributed by atoms with Gasteiger partial charge in [-0.1, -0.05) is 17.7 Å². The normalized spacial score (nSPS) is 11.6. The Hall–Kier alpha value is -0.620. The van der Waals surface area contributed by atoms with Gasteiger partial charge in [0.1, 0.15) is 5.84 Å². The highest BCUT2D eigenvalue weighted by Gasteiger charge is 2.08. The van der Waals surface area contributed by atoms with Gasteiger partial charge in [0, 0.05) is 17.1 Å². The van der Waals surface area contributed by atoms with Crippen LogP contribution in [0.25, 0.3) is 0 Å². The first-order valence-corrected chi connectivity index (χ1v) is 5.82. The second-order valence-electron chi connectivity index (χ2n) is 2.97. The van der Waals surface area contributed by atoms with Gasteiger partial charge in [0.05, 0.1) is 18.2 Å². The average Bonchev–Trinajstić information content (AvgIpc) is 2.29.